The summed E-state index contributed by atoms with van der Waals surface area (Å²) >= 11 is 0. The fourth-order valence-electron chi connectivity index (χ4n) is 1.18. The van der Waals surface area contributed by atoms with Gasteiger partial charge in [0.25, 0.3) is 0 Å². The van der Waals surface area contributed by atoms with Crippen molar-refractivity contribution in [3.63, 3.8) is 0 Å². The molecule has 0 aliphatic rings. The van der Waals surface area contributed by atoms with Crippen molar-refractivity contribution >= 4 is 23.7 Å². The zero-order chi connectivity index (χ0) is 12.1. The van der Waals surface area contributed by atoms with Gasteiger partial charge in [0.05, 0.1) is 13.8 Å². The molecule has 3 nitrogen and oxygen atoms in total. The second-order valence-electron chi connectivity index (χ2n) is 4.65. The van der Waals surface area contributed by atoms with E-state index >= 15 is 0 Å². The van der Waals surface area contributed by atoms with Gasteiger partial charge in [-0.15, -0.1) is 0 Å². The van der Waals surface area contributed by atoms with Crippen LogP contribution in [0.25, 0.3) is 0 Å². The summed E-state index contributed by atoms with van der Waals surface area (Å²) in [5.41, 5.74) is 1.10. The molecule has 0 aliphatic heterocycles. The lowest BCUT2D eigenvalue weighted by atomic mass is 10.6. The van der Waals surface area contributed by atoms with E-state index in [4.69, 9.17) is 9.84 Å². The maximum Gasteiger partial charge on any atom is 0.505 e. The van der Waals surface area contributed by atoms with E-state index in [-0.39, 0.29) is 15.2 Å². The number of rotatable bonds is 5. The minimum absolute atomic E-state index is 0.104. The van der Waals surface area contributed by atoms with Gasteiger partial charge in [-0.2, -0.15) is 0 Å². The molecule has 0 heterocycles. The summed E-state index contributed by atoms with van der Waals surface area (Å²) < 4.78 is 4.86. The van der Waals surface area contributed by atoms with Crippen LogP contribution in [0.2, 0.25) is 18.8 Å². The Labute approximate surface area is 95.4 Å². The summed E-state index contributed by atoms with van der Waals surface area (Å²) in [7, 11) is -1.73. The highest BCUT2D eigenvalue weighted by Crippen LogP contribution is 2.17. The SMILES string of the molecule is CC=C(C)[SiH2]C[Si](C)(C)C(C)OC(=O)O. The van der Waals surface area contributed by atoms with Crippen molar-refractivity contribution in [1.29, 1.82) is 0 Å². The van der Waals surface area contributed by atoms with Crippen molar-refractivity contribution in [3.05, 3.63) is 11.3 Å². The predicted octanol–water partition coefficient (Wildman–Crippen LogP) is 2.37. The third kappa shape index (κ3) is 5.79. The standard InChI is InChI=1S/C10H22O3Si2/c1-6-8(2)14-7-15(4,5)9(3)13-10(11)12/h6,9H,7,14H2,1-5H3,(H,11,12). The van der Waals surface area contributed by atoms with E-state index in [2.05, 4.69) is 33.0 Å². The van der Waals surface area contributed by atoms with Crippen LogP contribution in [0, 0.1) is 0 Å². The monoisotopic (exact) mass is 246 g/mol. The fourth-order valence-corrected chi connectivity index (χ4v) is 7.67. The van der Waals surface area contributed by atoms with Gasteiger partial charge >= 0.3 is 6.16 Å². The first kappa shape index (κ1) is 14.4. The van der Waals surface area contributed by atoms with E-state index in [1.807, 2.05) is 6.92 Å². The summed E-state index contributed by atoms with van der Waals surface area (Å²) in [5.74, 6) is 0. The average molecular weight is 246 g/mol. The Morgan fingerprint density at radius 1 is 1.60 bits per heavy atom. The van der Waals surface area contributed by atoms with Crippen molar-refractivity contribution in [2.75, 3.05) is 0 Å². The molecule has 0 fully saturated rings. The molecule has 0 saturated carbocycles. The highest BCUT2D eigenvalue weighted by Gasteiger charge is 2.31. The molecule has 5 heteroatoms. The lowest BCUT2D eigenvalue weighted by Crippen LogP contribution is -2.43. The number of hydrogen-bond acceptors (Lipinski definition) is 2. The van der Waals surface area contributed by atoms with E-state index in [9.17, 15) is 4.79 Å². The minimum atomic E-state index is -1.53. The van der Waals surface area contributed by atoms with E-state index in [1.54, 1.807) is 0 Å². The third-order valence-corrected chi connectivity index (χ3v) is 12.7. The maximum atomic E-state index is 10.5. The zero-order valence-electron chi connectivity index (χ0n) is 10.3. The fraction of sp³-hybridized carbons (Fsp3) is 0.700. The number of carbonyl (C=O) groups is 1. The smallest absolute Gasteiger partial charge is 0.450 e. The quantitative estimate of drug-likeness (QED) is 0.598. The Hall–Kier alpha value is -0.556. The van der Waals surface area contributed by atoms with Gasteiger partial charge in [0, 0.05) is 9.52 Å². The minimum Gasteiger partial charge on any atom is -0.450 e. The molecule has 0 radical (unpaired) electrons. The second-order valence-corrected chi connectivity index (χ2v) is 13.1. The Morgan fingerprint density at radius 3 is 2.53 bits per heavy atom. The molecule has 1 N–H and O–H groups in total. The molecule has 0 spiro atoms. The average Bonchev–Trinajstić information content (AvgIpc) is 2.13. The molecule has 1 atom stereocenters. The van der Waals surface area contributed by atoms with Gasteiger partial charge in [-0.1, -0.05) is 30.0 Å². The van der Waals surface area contributed by atoms with Gasteiger partial charge in [-0.05, 0) is 20.8 Å². The lowest BCUT2D eigenvalue weighted by molar-refractivity contribution is 0.0814. The summed E-state index contributed by atoms with van der Waals surface area (Å²) in [5, 5.41) is 10.1. The van der Waals surface area contributed by atoms with E-state index in [0.717, 1.165) is 0 Å². The van der Waals surface area contributed by atoms with Crippen molar-refractivity contribution in [2.24, 2.45) is 0 Å². The van der Waals surface area contributed by atoms with Crippen LogP contribution >= 0.6 is 0 Å². The van der Waals surface area contributed by atoms with Crippen molar-refractivity contribution in [2.45, 2.75) is 45.3 Å². The van der Waals surface area contributed by atoms with Crippen LogP contribution in [0.3, 0.4) is 0 Å². The van der Waals surface area contributed by atoms with Gasteiger partial charge in [0.1, 0.15) is 0 Å². The molecule has 0 aromatic heterocycles. The van der Waals surface area contributed by atoms with Gasteiger partial charge in [-0.25, -0.2) is 4.79 Å². The highest BCUT2D eigenvalue weighted by atomic mass is 28.4. The third-order valence-electron chi connectivity index (χ3n) is 3.03. The second kappa shape index (κ2) is 6.12. The number of hydrogen-bond donors (Lipinski definition) is 1. The van der Waals surface area contributed by atoms with Crippen LogP contribution in [0.5, 0.6) is 0 Å². The van der Waals surface area contributed by atoms with Crippen LogP contribution < -0.4 is 0 Å². The van der Waals surface area contributed by atoms with Crippen molar-refractivity contribution in [1.82, 2.24) is 0 Å². The van der Waals surface area contributed by atoms with Gasteiger partial charge < -0.3 is 9.84 Å². The molecule has 0 saturated heterocycles. The normalized spacial score (nSPS) is 15.7. The molecule has 88 valence electrons. The van der Waals surface area contributed by atoms with Crippen LogP contribution in [-0.4, -0.2) is 34.6 Å². The molecular weight excluding hydrogens is 224 g/mol. The van der Waals surface area contributed by atoms with Gasteiger partial charge in [0.15, 0.2) is 0 Å². The van der Waals surface area contributed by atoms with Crippen LogP contribution in [0.4, 0.5) is 4.79 Å². The molecule has 1 unspecified atom stereocenters. The summed E-state index contributed by atoms with van der Waals surface area (Å²) in [6.45, 7) is 10.5. The number of allylic oxidation sites excluding steroid dienone is 2. The number of ether oxygens (including phenoxy) is 1. The first-order chi connectivity index (χ1) is 6.79. The molecule has 0 aromatic rings. The molecule has 15 heavy (non-hydrogen) atoms. The first-order valence-electron chi connectivity index (χ1n) is 5.31. The van der Waals surface area contributed by atoms with E-state index in [0.29, 0.717) is 0 Å². The Kier molecular flexibility index (Phi) is 5.89. The summed E-state index contributed by atoms with van der Waals surface area (Å²) in [6.07, 6.45) is 1.02. The van der Waals surface area contributed by atoms with Gasteiger partial charge in [-0.3, -0.25) is 0 Å². The van der Waals surface area contributed by atoms with Crippen LogP contribution in [0.15, 0.2) is 11.3 Å². The maximum absolute atomic E-state index is 10.5. The molecule has 0 aromatic carbocycles. The largest absolute Gasteiger partial charge is 0.505 e. The van der Waals surface area contributed by atoms with Crippen LogP contribution in [-0.2, 0) is 4.74 Å². The van der Waals surface area contributed by atoms with E-state index < -0.39 is 14.2 Å². The molecule has 0 bridgehead atoms. The molecule has 0 aliphatic carbocycles. The van der Waals surface area contributed by atoms with Gasteiger partial charge in [0.2, 0.25) is 0 Å². The lowest BCUT2D eigenvalue weighted by Gasteiger charge is -2.28. The molecule has 0 rings (SSSR count). The Bertz CT molecular complexity index is 249. The highest BCUT2D eigenvalue weighted by molar-refractivity contribution is 6.86. The van der Waals surface area contributed by atoms with Crippen molar-refractivity contribution < 1.29 is 14.6 Å². The predicted molar refractivity (Wildman–Crippen MR) is 68.8 cm³/mol. The zero-order valence-corrected chi connectivity index (χ0v) is 12.7. The summed E-state index contributed by atoms with van der Waals surface area (Å²) in [4.78, 5) is 10.5. The van der Waals surface area contributed by atoms with Crippen molar-refractivity contribution in [3.8, 4) is 0 Å². The Morgan fingerprint density at radius 2 is 2.13 bits per heavy atom. The topological polar surface area (TPSA) is 46.5 Å². The Balaban J connectivity index is 4.21. The van der Waals surface area contributed by atoms with Crippen LogP contribution in [0.1, 0.15) is 20.8 Å². The molecule has 0 amide bonds. The molecular formula is C10H22O3Si2. The number of carboxylic acid groups (broad SMARTS) is 1. The first-order valence-corrected chi connectivity index (χ1v) is 10.3. The van der Waals surface area contributed by atoms with E-state index in [1.165, 1.54) is 10.9 Å². The summed E-state index contributed by atoms with van der Waals surface area (Å²) in [6, 6.07) is 0.